The summed E-state index contributed by atoms with van der Waals surface area (Å²) >= 11 is 0. The molecule has 0 aromatic heterocycles. The summed E-state index contributed by atoms with van der Waals surface area (Å²) in [5, 5.41) is 14.5. The van der Waals surface area contributed by atoms with Gasteiger partial charge in [0.05, 0.1) is 6.61 Å². The molecule has 1 atom stereocenters. The first-order valence-corrected chi connectivity index (χ1v) is 5.82. The van der Waals surface area contributed by atoms with E-state index in [9.17, 15) is 4.79 Å². The molecule has 16 heavy (non-hydrogen) atoms. The second-order valence-corrected chi connectivity index (χ2v) is 3.97. The highest BCUT2D eigenvalue weighted by atomic mass is 16.5. The molecule has 0 radical (unpaired) electrons. The molecule has 0 saturated heterocycles. The Morgan fingerprint density at radius 2 is 2.12 bits per heavy atom. The minimum absolute atomic E-state index is 0.0730. The van der Waals surface area contributed by atoms with Gasteiger partial charge in [-0.15, -0.1) is 0 Å². The van der Waals surface area contributed by atoms with E-state index in [2.05, 4.69) is 10.6 Å². The maximum Gasteiger partial charge on any atom is 0.315 e. The number of rotatable bonds is 8. The van der Waals surface area contributed by atoms with E-state index < -0.39 is 0 Å². The standard InChI is InChI=1S/C11H24N2O3/c1-4-11(3,6-8-14)13-10(15)12-7-9-16-5-2/h14H,4-9H2,1-3H3,(H2,12,13,15). The van der Waals surface area contributed by atoms with Gasteiger partial charge in [-0.05, 0) is 26.7 Å². The molecule has 5 nitrogen and oxygen atoms in total. The van der Waals surface area contributed by atoms with E-state index in [0.717, 1.165) is 6.42 Å². The Kier molecular flexibility index (Phi) is 7.93. The SMILES string of the molecule is CCOCCNC(=O)NC(C)(CC)CCO. The van der Waals surface area contributed by atoms with Crippen molar-refractivity contribution in [3.8, 4) is 0 Å². The number of hydrogen-bond acceptors (Lipinski definition) is 3. The number of amides is 2. The zero-order valence-corrected chi connectivity index (χ0v) is 10.5. The third-order valence-corrected chi connectivity index (χ3v) is 2.60. The van der Waals surface area contributed by atoms with Crippen LogP contribution in [0.2, 0.25) is 0 Å². The summed E-state index contributed by atoms with van der Waals surface area (Å²) in [7, 11) is 0. The predicted octanol–water partition coefficient (Wildman–Crippen LogP) is 0.873. The van der Waals surface area contributed by atoms with Crippen LogP contribution in [0.5, 0.6) is 0 Å². The first-order chi connectivity index (χ1) is 7.58. The van der Waals surface area contributed by atoms with Crippen LogP contribution in [0.3, 0.4) is 0 Å². The van der Waals surface area contributed by atoms with E-state index in [4.69, 9.17) is 9.84 Å². The number of aliphatic hydroxyl groups is 1. The molecule has 0 aliphatic rings. The number of carbonyl (C=O) groups excluding carboxylic acids is 1. The third kappa shape index (κ3) is 6.63. The molecule has 0 aromatic carbocycles. The molecule has 3 N–H and O–H groups in total. The fourth-order valence-electron chi connectivity index (χ4n) is 1.27. The third-order valence-electron chi connectivity index (χ3n) is 2.60. The number of carbonyl (C=O) groups is 1. The van der Waals surface area contributed by atoms with Crippen molar-refractivity contribution >= 4 is 6.03 Å². The van der Waals surface area contributed by atoms with E-state index >= 15 is 0 Å². The van der Waals surface area contributed by atoms with Gasteiger partial charge in [0.2, 0.25) is 0 Å². The smallest absolute Gasteiger partial charge is 0.315 e. The lowest BCUT2D eigenvalue weighted by Crippen LogP contribution is -2.50. The molecular weight excluding hydrogens is 208 g/mol. The molecule has 0 aromatic rings. The topological polar surface area (TPSA) is 70.6 Å². The van der Waals surface area contributed by atoms with Crippen LogP contribution < -0.4 is 10.6 Å². The summed E-state index contributed by atoms with van der Waals surface area (Å²) in [6.07, 6.45) is 1.34. The van der Waals surface area contributed by atoms with Crippen molar-refractivity contribution in [3.63, 3.8) is 0 Å². The van der Waals surface area contributed by atoms with E-state index in [1.54, 1.807) is 0 Å². The fraction of sp³-hybridized carbons (Fsp3) is 0.909. The molecule has 0 aliphatic carbocycles. The normalized spacial score (nSPS) is 14.2. The van der Waals surface area contributed by atoms with Gasteiger partial charge in [-0.1, -0.05) is 6.92 Å². The van der Waals surface area contributed by atoms with E-state index in [0.29, 0.717) is 26.2 Å². The molecule has 0 fully saturated rings. The van der Waals surface area contributed by atoms with Gasteiger partial charge in [0.15, 0.2) is 0 Å². The molecule has 1 unspecified atom stereocenters. The molecule has 2 amide bonds. The van der Waals surface area contributed by atoms with Gasteiger partial charge in [0, 0.05) is 25.3 Å². The number of ether oxygens (including phenoxy) is 1. The van der Waals surface area contributed by atoms with Crippen LogP contribution in [0.15, 0.2) is 0 Å². The summed E-state index contributed by atoms with van der Waals surface area (Å²) in [6.45, 7) is 7.56. The van der Waals surface area contributed by atoms with Crippen LogP contribution in [0.1, 0.15) is 33.6 Å². The predicted molar refractivity (Wildman–Crippen MR) is 63.4 cm³/mol. The molecule has 5 heteroatoms. The Morgan fingerprint density at radius 1 is 1.44 bits per heavy atom. The molecule has 96 valence electrons. The van der Waals surface area contributed by atoms with Crippen molar-refractivity contribution in [2.75, 3.05) is 26.4 Å². The van der Waals surface area contributed by atoms with Crippen LogP contribution in [-0.2, 0) is 4.74 Å². The van der Waals surface area contributed by atoms with Gasteiger partial charge in [0.25, 0.3) is 0 Å². The largest absolute Gasteiger partial charge is 0.396 e. The molecule has 0 heterocycles. The van der Waals surface area contributed by atoms with Gasteiger partial charge in [-0.3, -0.25) is 0 Å². The van der Waals surface area contributed by atoms with Crippen molar-refractivity contribution in [1.29, 1.82) is 0 Å². The number of urea groups is 1. The number of nitrogens with one attached hydrogen (secondary N) is 2. The van der Waals surface area contributed by atoms with Crippen LogP contribution in [0, 0.1) is 0 Å². The minimum Gasteiger partial charge on any atom is -0.396 e. The van der Waals surface area contributed by atoms with Crippen LogP contribution >= 0.6 is 0 Å². The second-order valence-electron chi connectivity index (χ2n) is 3.97. The Balaban J connectivity index is 3.82. The van der Waals surface area contributed by atoms with Gasteiger partial charge >= 0.3 is 6.03 Å². The number of aliphatic hydroxyl groups excluding tert-OH is 1. The lowest BCUT2D eigenvalue weighted by atomic mass is 9.95. The van der Waals surface area contributed by atoms with Crippen molar-refractivity contribution < 1.29 is 14.6 Å². The molecule has 0 bridgehead atoms. The molecular formula is C11H24N2O3. The quantitative estimate of drug-likeness (QED) is 0.544. The molecule has 0 spiro atoms. The lowest BCUT2D eigenvalue weighted by Gasteiger charge is -2.28. The average Bonchev–Trinajstić information content (AvgIpc) is 2.25. The highest BCUT2D eigenvalue weighted by Gasteiger charge is 2.23. The monoisotopic (exact) mass is 232 g/mol. The molecule has 0 saturated carbocycles. The molecule has 0 rings (SSSR count). The number of hydrogen-bond donors (Lipinski definition) is 3. The highest BCUT2D eigenvalue weighted by Crippen LogP contribution is 2.13. The summed E-state index contributed by atoms with van der Waals surface area (Å²) in [4.78, 5) is 11.5. The van der Waals surface area contributed by atoms with Crippen molar-refractivity contribution in [2.24, 2.45) is 0 Å². The second kappa shape index (κ2) is 8.35. The van der Waals surface area contributed by atoms with E-state index in [1.165, 1.54) is 0 Å². The average molecular weight is 232 g/mol. The summed E-state index contributed by atoms with van der Waals surface area (Å²) in [5.74, 6) is 0. The van der Waals surface area contributed by atoms with Gasteiger partial charge in [-0.25, -0.2) is 4.79 Å². The minimum atomic E-state index is -0.343. The van der Waals surface area contributed by atoms with Gasteiger partial charge in [-0.2, -0.15) is 0 Å². The lowest BCUT2D eigenvalue weighted by molar-refractivity contribution is 0.148. The Hall–Kier alpha value is -0.810. The fourth-order valence-corrected chi connectivity index (χ4v) is 1.27. The van der Waals surface area contributed by atoms with E-state index in [1.807, 2.05) is 20.8 Å². The van der Waals surface area contributed by atoms with Crippen LogP contribution in [-0.4, -0.2) is 43.0 Å². The maximum absolute atomic E-state index is 11.5. The Morgan fingerprint density at radius 3 is 2.62 bits per heavy atom. The first kappa shape index (κ1) is 15.2. The van der Waals surface area contributed by atoms with Crippen molar-refractivity contribution in [1.82, 2.24) is 10.6 Å². The first-order valence-electron chi connectivity index (χ1n) is 5.82. The summed E-state index contributed by atoms with van der Waals surface area (Å²) in [6, 6.07) is -0.211. The Bertz CT molecular complexity index is 200. The van der Waals surface area contributed by atoms with Gasteiger partial charge < -0.3 is 20.5 Å². The van der Waals surface area contributed by atoms with Crippen molar-refractivity contribution in [2.45, 2.75) is 39.2 Å². The van der Waals surface area contributed by atoms with Crippen molar-refractivity contribution in [3.05, 3.63) is 0 Å². The van der Waals surface area contributed by atoms with E-state index in [-0.39, 0.29) is 18.2 Å². The zero-order chi connectivity index (χ0) is 12.4. The molecule has 0 aliphatic heterocycles. The van der Waals surface area contributed by atoms with Crippen LogP contribution in [0.4, 0.5) is 4.79 Å². The Labute approximate surface area is 97.6 Å². The van der Waals surface area contributed by atoms with Crippen LogP contribution in [0.25, 0.3) is 0 Å². The zero-order valence-electron chi connectivity index (χ0n) is 10.5. The maximum atomic E-state index is 11.5. The highest BCUT2D eigenvalue weighted by molar-refractivity contribution is 5.74. The van der Waals surface area contributed by atoms with Gasteiger partial charge in [0.1, 0.15) is 0 Å². The summed E-state index contributed by atoms with van der Waals surface area (Å²) < 4.78 is 5.11. The summed E-state index contributed by atoms with van der Waals surface area (Å²) in [5.41, 5.74) is -0.343.